The first kappa shape index (κ1) is 20.1. The zero-order chi connectivity index (χ0) is 13.0. The standard InChI is InChI=1S/C4H7F3O6S3.Zn/c5-2(14(8)9)1(3(6)15(10)11)4(7)16(12)13;/h1-4H,(H,8,9)(H,10,11)(H,12,13);/p-3. The third-order valence-corrected chi connectivity index (χ3v) is 3.51. The normalized spacial score (nSPS) is 23.6. The van der Waals surface area contributed by atoms with Crippen LogP contribution >= 0.6 is 0 Å². The van der Waals surface area contributed by atoms with E-state index in [1.165, 1.54) is 0 Å². The van der Waals surface area contributed by atoms with E-state index in [0.29, 0.717) is 0 Å². The summed E-state index contributed by atoms with van der Waals surface area (Å²) < 4.78 is 98.8. The molecule has 0 rings (SSSR count). The summed E-state index contributed by atoms with van der Waals surface area (Å²) in [5.41, 5.74) is -9.87. The molecule has 0 radical (unpaired) electrons. The molecule has 0 saturated heterocycles. The fraction of sp³-hybridized carbons (Fsp3) is 1.00. The Morgan fingerprint density at radius 3 is 1.00 bits per heavy atom. The molecule has 0 amide bonds. The van der Waals surface area contributed by atoms with Gasteiger partial charge in [0.25, 0.3) is 0 Å². The van der Waals surface area contributed by atoms with Crippen molar-refractivity contribution in [3.8, 4) is 0 Å². The fourth-order valence-corrected chi connectivity index (χ4v) is 2.64. The maximum absolute atomic E-state index is 12.8. The van der Waals surface area contributed by atoms with E-state index < -0.39 is 55.7 Å². The Balaban J connectivity index is 0. The number of rotatable bonds is 6. The first-order valence-corrected chi connectivity index (χ1v) is 6.78. The topological polar surface area (TPSA) is 120 Å². The van der Waals surface area contributed by atoms with Gasteiger partial charge < -0.3 is 13.7 Å². The summed E-state index contributed by atoms with van der Waals surface area (Å²) in [7, 11) is 0. The Hall–Kier alpha value is 0.743. The van der Waals surface area contributed by atoms with Crippen molar-refractivity contribution < 1.29 is 58.9 Å². The van der Waals surface area contributed by atoms with Gasteiger partial charge in [-0.25, -0.2) is 13.2 Å². The summed E-state index contributed by atoms with van der Waals surface area (Å²) in [5.74, 6) is -2.98. The van der Waals surface area contributed by atoms with Gasteiger partial charge in [-0.2, -0.15) is 0 Å². The van der Waals surface area contributed by atoms with Crippen molar-refractivity contribution in [3.63, 3.8) is 0 Å². The molecule has 0 spiro atoms. The van der Waals surface area contributed by atoms with Crippen LogP contribution in [0.1, 0.15) is 0 Å². The first-order valence-electron chi connectivity index (χ1n) is 3.36. The second-order valence-corrected chi connectivity index (χ2v) is 5.33. The van der Waals surface area contributed by atoms with Crippen LogP contribution in [0.5, 0.6) is 0 Å². The molecular formula is C4H4F3O6S3Zn-3. The van der Waals surface area contributed by atoms with E-state index >= 15 is 0 Å². The minimum absolute atomic E-state index is 0. The van der Waals surface area contributed by atoms with Gasteiger partial charge in [-0.3, -0.25) is 12.6 Å². The van der Waals surface area contributed by atoms with Crippen molar-refractivity contribution in [1.29, 1.82) is 0 Å². The van der Waals surface area contributed by atoms with Crippen molar-refractivity contribution in [2.45, 2.75) is 16.5 Å². The molecule has 6 atom stereocenters. The minimum atomic E-state index is -3.66. The number of halogens is 3. The van der Waals surface area contributed by atoms with Gasteiger partial charge in [0.05, 0.1) is 5.92 Å². The van der Waals surface area contributed by atoms with Gasteiger partial charge in [0, 0.05) is 19.5 Å². The summed E-state index contributed by atoms with van der Waals surface area (Å²) in [5, 5.41) is 0. The van der Waals surface area contributed by atoms with Gasteiger partial charge in [-0.1, -0.05) is 0 Å². The summed E-state index contributed by atoms with van der Waals surface area (Å²) in [6.07, 6.45) is 0. The monoisotopic (exact) mass is 365 g/mol. The summed E-state index contributed by atoms with van der Waals surface area (Å²) in [6, 6.07) is 0. The van der Waals surface area contributed by atoms with Crippen molar-refractivity contribution in [1.82, 2.24) is 0 Å². The van der Waals surface area contributed by atoms with Gasteiger partial charge in [-0.15, -0.1) is 0 Å². The van der Waals surface area contributed by atoms with Crippen molar-refractivity contribution >= 4 is 33.2 Å². The zero-order valence-corrected chi connectivity index (χ0v) is 13.2. The third kappa shape index (κ3) is 5.94. The molecule has 0 aromatic rings. The largest absolute Gasteiger partial charge is 0.770 e. The van der Waals surface area contributed by atoms with Crippen LogP contribution in [0.3, 0.4) is 0 Å². The second kappa shape index (κ2) is 8.78. The van der Waals surface area contributed by atoms with Crippen LogP contribution < -0.4 is 0 Å². The van der Waals surface area contributed by atoms with E-state index in [2.05, 4.69) is 0 Å². The molecule has 0 aliphatic carbocycles. The van der Waals surface area contributed by atoms with Crippen LogP contribution in [0, 0.1) is 5.92 Å². The molecule has 0 aliphatic rings. The van der Waals surface area contributed by atoms with Crippen LogP contribution in [0.25, 0.3) is 0 Å². The van der Waals surface area contributed by atoms with Gasteiger partial charge in [0.15, 0.2) is 16.5 Å². The van der Waals surface area contributed by atoms with E-state index in [4.69, 9.17) is 0 Å². The Bertz CT molecular complexity index is 271. The Morgan fingerprint density at radius 1 is 0.706 bits per heavy atom. The molecule has 100 valence electrons. The number of hydrogen-bond acceptors (Lipinski definition) is 6. The van der Waals surface area contributed by atoms with Gasteiger partial charge in [-0.05, 0) is 33.2 Å². The quantitative estimate of drug-likeness (QED) is 0.445. The predicted octanol–water partition coefficient (Wildman–Crippen LogP) is -0.876. The minimum Gasteiger partial charge on any atom is -0.770 e. The van der Waals surface area contributed by atoms with E-state index in [-0.39, 0.29) is 19.5 Å². The average molecular weight is 367 g/mol. The van der Waals surface area contributed by atoms with Crippen molar-refractivity contribution in [2.24, 2.45) is 5.92 Å². The van der Waals surface area contributed by atoms with Crippen LogP contribution in [0.15, 0.2) is 0 Å². The molecule has 0 fully saturated rings. The Kier molecular flexibility index (Phi) is 10.4. The Morgan fingerprint density at radius 2 is 0.882 bits per heavy atom. The third-order valence-electron chi connectivity index (χ3n) is 1.46. The van der Waals surface area contributed by atoms with E-state index in [1.807, 2.05) is 0 Å². The molecule has 6 unspecified atom stereocenters. The van der Waals surface area contributed by atoms with Crippen molar-refractivity contribution in [2.75, 3.05) is 0 Å². The molecule has 17 heavy (non-hydrogen) atoms. The fourth-order valence-electron chi connectivity index (χ4n) is 0.742. The van der Waals surface area contributed by atoms with Gasteiger partial charge in [0.1, 0.15) is 0 Å². The molecule has 0 aromatic heterocycles. The van der Waals surface area contributed by atoms with Crippen LogP contribution in [0.4, 0.5) is 13.2 Å². The molecule has 0 heterocycles. The predicted molar refractivity (Wildman–Crippen MR) is 44.9 cm³/mol. The second-order valence-electron chi connectivity index (χ2n) is 2.41. The van der Waals surface area contributed by atoms with Gasteiger partial charge in [0.2, 0.25) is 0 Å². The SMILES string of the molecule is O=S([O-])C(F)C(C(F)S(=O)[O-])C(F)S(=O)[O-].[Zn]. The number of alkyl halides is 3. The van der Waals surface area contributed by atoms with E-state index in [9.17, 15) is 39.5 Å². The average Bonchev–Trinajstić information content (AvgIpc) is 2.16. The zero-order valence-electron chi connectivity index (χ0n) is 7.82. The molecule has 0 aromatic carbocycles. The number of hydrogen-bond donors (Lipinski definition) is 0. The Labute approximate surface area is 114 Å². The summed E-state index contributed by atoms with van der Waals surface area (Å²) >= 11 is -11.0. The van der Waals surface area contributed by atoms with Crippen molar-refractivity contribution in [3.05, 3.63) is 0 Å². The summed E-state index contributed by atoms with van der Waals surface area (Å²) in [6.45, 7) is 0. The molecule has 6 nitrogen and oxygen atoms in total. The summed E-state index contributed by atoms with van der Waals surface area (Å²) in [4.78, 5) is 0. The molecule has 13 heteroatoms. The first-order chi connectivity index (χ1) is 7.20. The van der Waals surface area contributed by atoms with Crippen LogP contribution in [0.2, 0.25) is 0 Å². The van der Waals surface area contributed by atoms with Gasteiger partial charge >= 0.3 is 0 Å². The van der Waals surface area contributed by atoms with Crippen LogP contribution in [-0.2, 0) is 52.7 Å². The molecule has 0 bridgehead atoms. The molecule has 0 saturated carbocycles. The molecular weight excluding hydrogens is 363 g/mol. The van der Waals surface area contributed by atoms with Crippen LogP contribution in [-0.4, -0.2) is 42.8 Å². The maximum Gasteiger partial charge on any atom is 0.171 e. The molecule has 0 N–H and O–H groups in total. The smallest absolute Gasteiger partial charge is 0.171 e. The van der Waals surface area contributed by atoms with E-state index in [0.717, 1.165) is 0 Å². The van der Waals surface area contributed by atoms with E-state index in [1.54, 1.807) is 0 Å². The maximum atomic E-state index is 12.8. The molecule has 0 aliphatic heterocycles.